The number of phenols is 1. The van der Waals surface area contributed by atoms with Gasteiger partial charge in [0.1, 0.15) is 17.0 Å². The van der Waals surface area contributed by atoms with Crippen molar-refractivity contribution in [3.8, 4) is 22.9 Å². The van der Waals surface area contributed by atoms with Crippen molar-refractivity contribution in [3.05, 3.63) is 46.2 Å². The van der Waals surface area contributed by atoms with Gasteiger partial charge in [-0.15, -0.1) is 0 Å². The molecular formula is C25H29N5O4. The lowest BCUT2D eigenvalue weighted by Gasteiger charge is -2.14. The molecule has 1 fully saturated rings. The summed E-state index contributed by atoms with van der Waals surface area (Å²) in [5.74, 6) is 0.202. The topological polar surface area (TPSA) is 116 Å². The summed E-state index contributed by atoms with van der Waals surface area (Å²) in [6.07, 6.45) is 2.22. The van der Waals surface area contributed by atoms with Crippen LogP contribution in [0.4, 0.5) is 0 Å². The van der Waals surface area contributed by atoms with Gasteiger partial charge in [0.25, 0.3) is 5.56 Å². The molecule has 9 nitrogen and oxygen atoms in total. The monoisotopic (exact) mass is 463 g/mol. The summed E-state index contributed by atoms with van der Waals surface area (Å²) in [7, 11) is 1.51. The maximum atomic E-state index is 13.0. The number of benzene rings is 2. The largest absolute Gasteiger partial charge is 0.506 e. The minimum atomic E-state index is -0.707. The molecule has 1 aliphatic rings. The summed E-state index contributed by atoms with van der Waals surface area (Å²) >= 11 is 0. The summed E-state index contributed by atoms with van der Waals surface area (Å²) in [6.45, 7) is 5.41. The van der Waals surface area contributed by atoms with Crippen molar-refractivity contribution in [2.45, 2.75) is 38.8 Å². The molecule has 0 saturated carbocycles. The molecule has 1 saturated heterocycles. The van der Waals surface area contributed by atoms with E-state index in [1.165, 1.54) is 26.0 Å². The van der Waals surface area contributed by atoms with Crippen molar-refractivity contribution in [2.75, 3.05) is 26.7 Å². The molecule has 3 N–H and O–H groups in total. The van der Waals surface area contributed by atoms with Gasteiger partial charge >= 0.3 is 0 Å². The van der Waals surface area contributed by atoms with Gasteiger partial charge in [-0.1, -0.05) is 19.1 Å². The Balaban J connectivity index is 1.61. The number of H-pyrrole nitrogens is 1. The van der Waals surface area contributed by atoms with Crippen molar-refractivity contribution >= 4 is 21.9 Å². The fourth-order valence-corrected chi connectivity index (χ4v) is 4.68. The van der Waals surface area contributed by atoms with Gasteiger partial charge in [0.15, 0.2) is 0 Å². The highest BCUT2D eigenvalue weighted by molar-refractivity contribution is 5.95. The number of aromatic nitrogens is 4. The predicted molar refractivity (Wildman–Crippen MR) is 130 cm³/mol. The fraction of sp³-hybridized carbons (Fsp3) is 0.400. The van der Waals surface area contributed by atoms with Crippen LogP contribution in [0.5, 0.6) is 11.6 Å². The lowest BCUT2D eigenvalue weighted by Crippen LogP contribution is -2.28. The molecule has 3 heterocycles. The first-order valence-electron chi connectivity index (χ1n) is 11.7. The number of rotatable bonds is 7. The molecule has 1 atom stereocenters. The van der Waals surface area contributed by atoms with E-state index >= 15 is 0 Å². The number of hydrogen-bond donors (Lipinski definition) is 3. The normalized spacial score (nSPS) is 15.4. The van der Waals surface area contributed by atoms with Crippen LogP contribution < -0.4 is 10.3 Å². The molecule has 0 radical (unpaired) electrons. The number of aromatic hydroxyl groups is 1. The van der Waals surface area contributed by atoms with E-state index in [0.717, 1.165) is 19.6 Å². The number of fused-ring (bicyclic) bond motifs is 2. The van der Waals surface area contributed by atoms with Crippen molar-refractivity contribution in [3.63, 3.8) is 0 Å². The number of methoxy groups -OCH3 is 1. The van der Waals surface area contributed by atoms with Crippen LogP contribution in [0.15, 0.2) is 35.1 Å². The minimum Gasteiger partial charge on any atom is -0.506 e. The standard InChI is InChI=1S/C25H29N5O4/c1-3-19(31)15-13-18-23(20(32)14-15)27-22(24(26-18)34-2)16-7-6-8-17-21(16)28-30(25(17)33)12-11-29-9-4-5-10-29/h6-8,13-14,19,28,31-32H,3-5,9-12H2,1-2H3. The maximum absolute atomic E-state index is 13.0. The van der Waals surface area contributed by atoms with E-state index in [1.807, 2.05) is 19.1 Å². The highest BCUT2D eigenvalue weighted by Gasteiger charge is 2.20. The van der Waals surface area contributed by atoms with Crippen molar-refractivity contribution in [1.29, 1.82) is 0 Å². The van der Waals surface area contributed by atoms with Crippen molar-refractivity contribution in [1.82, 2.24) is 24.6 Å². The van der Waals surface area contributed by atoms with Gasteiger partial charge in [0, 0.05) is 12.1 Å². The Bertz CT molecular complexity index is 1400. The van der Waals surface area contributed by atoms with E-state index < -0.39 is 6.10 Å². The number of aromatic amines is 1. The number of para-hydroxylation sites is 1. The average molecular weight is 464 g/mol. The van der Waals surface area contributed by atoms with Gasteiger partial charge in [-0.25, -0.2) is 9.97 Å². The van der Waals surface area contributed by atoms with Crippen LogP contribution >= 0.6 is 0 Å². The van der Waals surface area contributed by atoms with Gasteiger partial charge < -0.3 is 19.8 Å². The Morgan fingerprint density at radius 3 is 2.71 bits per heavy atom. The smallest absolute Gasteiger partial charge is 0.274 e. The molecule has 2 aromatic heterocycles. The molecule has 4 aromatic rings. The van der Waals surface area contributed by atoms with E-state index in [0.29, 0.717) is 51.7 Å². The van der Waals surface area contributed by atoms with E-state index in [2.05, 4.69) is 20.0 Å². The number of nitrogens with zero attached hydrogens (tertiary/aromatic N) is 4. The zero-order valence-corrected chi connectivity index (χ0v) is 19.4. The third kappa shape index (κ3) is 3.91. The highest BCUT2D eigenvalue weighted by atomic mass is 16.5. The van der Waals surface area contributed by atoms with Crippen LogP contribution in [0.2, 0.25) is 0 Å². The molecule has 1 unspecified atom stereocenters. The van der Waals surface area contributed by atoms with E-state index in [4.69, 9.17) is 4.74 Å². The van der Waals surface area contributed by atoms with Crippen LogP contribution in [0.3, 0.4) is 0 Å². The Morgan fingerprint density at radius 2 is 1.97 bits per heavy atom. The van der Waals surface area contributed by atoms with E-state index in [1.54, 1.807) is 16.8 Å². The Labute approximate surface area is 196 Å². The molecule has 0 amide bonds. The van der Waals surface area contributed by atoms with Crippen molar-refractivity contribution < 1.29 is 14.9 Å². The highest BCUT2D eigenvalue weighted by Crippen LogP contribution is 2.36. The number of aliphatic hydroxyl groups excluding tert-OH is 1. The molecule has 0 spiro atoms. The number of aliphatic hydroxyl groups is 1. The minimum absolute atomic E-state index is 0.0692. The van der Waals surface area contributed by atoms with Gasteiger partial charge in [-0.3, -0.25) is 14.6 Å². The number of ether oxygens (including phenoxy) is 1. The van der Waals surface area contributed by atoms with E-state index in [-0.39, 0.29) is 17.2 Å². The summed E-state index contributed by atoms with van der Waals surface area (Å²) in [4.78, 5) is 24.7. The Hall–Kier alpha value is -3.43. The number of likely N-dealkylation sites (tertiary alicyclic amines) is 1. The van der Waals surface area contributed by atoms with Gasteiger partial charge in [0.2, 0.25) is 5.88 Å². The van der Waals surface area contributed by atoms with Gasteiger partial charge in [-0.2, -0.15) is 0 Å². The molecule has 0 aliphatic carbocycles. The second-order valence-corrected chi connectivity index (χ2v) is 8.76. The van der Waals surface area contributed by atoms with Crippen LogP contribution in [0.25, 0.3) is 33.2 Å². The fourth-order valence-electron chi connectivity index (χ4n) is 4.68. The molecule has 1 aliphatic heterocycles. The lowest BCUT2D eigenvalue weighted by molar-refractivity contribution is 0.173. The second-order valence-electron chi connectivity index (χ2n) is 8.76. The summed E-state index contributed by atoms with van der Waals surface area (Å²) < 4.78 is 7.19. The molecule has 0 bridgehead atoms. The molecule has 178 valence electrons. The molecule has 9 heteroatoms. The van der Waals surface area contributed by atoms with E-state index in [9.17, 15) is 15.0 Å². The zero-order valence-electron chi connectivity index (χ0n) is 19.4. The third-order valence-corrected chi connectivity index (χ3v) is 6.59. The number of hydrogen-bond acceptors (Lipinski definition) is 7. The van der Waals surface area contributed by atoms with Crippen LogP contribution in [0, 0.1) is 0 Å². The molecule has 2 aromatic carbocycles. The summed E-state index contributed by atoms with van der Waals surface area (Å²) in [6, 6.07) is 8.68. The second kappa shape index (κ2) is 9.08. The molecular weight excluding hydrogens is 434 g/mol. The summed E-state index contributed by atoms with van der Waals surface area (Å²) in [5.41, 5.74) is 2.95. The Morgan fingerprint density at radius 1 is 1.18 bits per heavy atom. The molecule has 5 rings (SSSR count). The summed E-state index contributed by atoms with van der Waals surface area (Å²) in [5, 5.41) is 24.7. The van der Waals surface area contributed by atoms with Crippen LogP contribution in [-0.2, 0) is 6.54 Å². The maximum Gasteiger partial charge on any atom is 0.274 e. The zero-order chi connectivity index (χ0) is 23.8. The van der Waals surface area contributed by atoms with Gasteiger partial charge in [-0.05, 0) is 56.1 Å². The molecule has 34 heavy (non-hydrogen) atoms. The first kappa shape index (κ1) is 22.4. The average Bonchev–Trinajstić information content (AvgIpc) is 3.49. The van der Waals surface area contributed by atoms with Crippen molar-refractivity contribution in [2.24, 2.45) is 0 Å². The van der Waals surface area contributed by atoms with Crippen LogP contribution in [-0.4, -0.2) is 61.6 Å². The lowest BCUT2D eigenvalue weighted by atomic mass is 10.0. The quantitative estimate of drug-likeness (QED) is 0.385. The number of nitrogens with one attached hydrogen (secondary N) is 1. The SMILES string of the molecule is CCC(O)c1cc(O)c2nc(-c3cccc4c(=O)n(CCN5CCCC5)[nH]c34)c(OC)nc2c1. The predicted octanol–water partition coefficient (Wildman–Crippen LogP) is 3.19. The first-order valence-corrected chi connectivity index (χ1v) is 11.7. The van der Waals surface area contributed by atoms with Crippen LogP contribution in [0.1, 0.15) is 37.9 Å². The Kier molecular flexibility index (Phi) is 5.97. The first-order chi connectivity index (χ1) is 16.5. The number of phenolic OH excluding ortho intramolecular Hbond substituents is 1. The third-order valence-electron chi connectivity index (χ3n) is 6.59. The van der Waals surface area contributed by atoms with Gasteiger partial charge in [0.05, 0.1) is 36.2 Å².